The van der Waals surface area contributed by atoms with E-state index in [-0.39, 0.29) is 0 Å². The maximum atomic E-state index is 8.82. The molecule has 0 aromatic heterocycles. The largest absolute Gasteiger partial charge is 0.376 e. The van der Waals surface area contributed by atoms with E-state index in [1.807, 2.05) is 18.2 Å². The van der Waals surface area contributed by atoms with E-state index in [9.17, 15) is 0 Å². The minimum Gasteiger partial charge on any atom is -0.376 e. The summed E-state index contributed by atoms with van der Waals surface area (Å²) in [5.41, 5.74) is 1.21. The molecule has 0 aliphatic heterocycles. The van der Waals surface area contributed by atoms with Crippen molar-refractivity contribution in [3.63, 3.8) is 0 Å². The van der Waals surface area contributed by atoms with E-state index in [0.717, 1.165) is 19.4 Å². The molecule has 0 unspecified atom stereocenters. The average molecular weight is 241 g/mol. The van der Waals surface area contributed by atoms with Gasteiger partial charge in [0.2, 0.25) is 0 Å². The lowest BCUT2D eigenvalue weighted by Gasteiger charge is -2.26. The highest BCUT2D eigenvalue weighted by Crippen LogP contribution is 2.28. The highest BCUT2D eigenvalue weighted by molar-refractivity contribution is 5.13. The molecule has 0 amide bonds. The Morgan fingerprint density at radius 1 is 1.11 bits per heavy atom. The second-order valence-corrected chi connectivity index (χ2v) is 4.83. The van der Waals surface area contributed by atoms with Crippen LogP contribution in [0, 0.1) is 23.2 Å². The lowest BCUT2D eigenvalue weighted by molar-refractivity contribution is 0.0654. The van der Waals surface area contributed by atoms with Gasteiger partial charge >= 0.3 is 0 Å². The fourth-order valence-corrected chi connectivity index (χ4v) is 2.40. The van der Waals surface area contributed by atoms with Crippen LogP contribution in [0.5, 0.6) is 0 Å². The molecule has 0 saturated heterocycles. The molecule has 2 rings (SSSR count). The van der Waals surface area contributed by atoms with Gasteiger partial charge in [0.15, 0.2) is 0 Å². The third-order valence-electron chi connectivity index (χ3n) is 3.51. The van der Waals surface area contributed by atoms with Gasteiger partial charge in [0.1, 0.15) is 0 Å². The Bertz CT molecular complexity index is 418. The number of nitriles is 1. The summed E-state index contributed by atoms with van der Waals surface area (Å²) in [6, 6.07) is 12.5. The lowest BCUT2D eigenvalue weighted by Crippen LogP contribution is -2.21. The Labute approximate surface area is 109 Å². The van der Waals surface area contributed by atoms with Gasteiger partial charge in [-0.25, -0.2) is 0 Å². The van der Waals surface area contributed by atoms with Crippen molar-refractivity contribution in [1.82, 2.24) is 0 Å². The van der Waals surface area contributed by atoms with Crippen LogP contribution in [-0.4, -0.2) is 6.61 Å². The molecule has 0 spiro atoms. The van der Waals surface area contributed by atoms with Crippen LogP contribution in [0.1, 0.15) is 24.8 Å². The van der Waals surface area contributed by atoms with Crippen molar-refractivity contribution in [2.75, 3.05) is 6.61 Å². The Morgan fingerprint density at radius 2 is 1.83 bits per heavy atom. The highest BCUT2D eigenvalue weighted by Gasteiger charge is 2.22. The van der Waals surface area contributed by atoms with E-state index in [0.29, 0.717) is 24.9 Å². The average Bonchev–Trinajstić information content (AvgIpc) is 2.42. The van der Waals surface area contributed by atoms with E-state index in [2.05, 4.69) is 30.4 Å². The van der Waals surface area contributed by atoms with E-state index >= 15 is 0 Å². The van der Waals surface area contributed by atoms with Gasteiger partial charge in [-0.05, 0) is 30.2 Å². The Balaban J connectivity index is 1.78. The van der Waals surface area contributed by atoms with Gasteiger partial charge in [0.05, 0.1) is 19.3 Å². The molecular formula is C16H19NO. The normalized spacial score (nSPS) is 22.6. The van der Waals surface area contributed by atoms with E-state index in [1.165, 1.54) is 5.56 Å². The molecule has 1 aromatic carbocycles. The number of ether oxygens (including phenoxy) is 1. The molecule has 0 heterocycles. The summed E-state index contributed by atoms with van der Waals surface area (Å²) in [6.45, 7) is 1.42. The fourth-order valence-electron chi connectivity index (χ4n) is 2.40. The molecule has 0 radical (unpaired) electrons. The van der Waals surface area contributed by atoms with Gasteiger partial charge in [-0.3, -0.25) is 0 Å². The first-order valence-electron chi connectivity index (χ1n) is 6.53. The van der Waals surface area contributed by atoms with Gasteiger partial charge in [0, 0.05) is 6.42 Å². The van der Waals surface area contributed by atoms with Crippen LogP contribution in [-0.2, 0) is 11.3 Å². The van der Waals surface area contributed by atoms with Crippen molar-refractivity contribution < 1.29 is 4.74 Å². The number of allylic oxidation sites excluding steroid dienone is 2. The predicted molar refractivity (Wildman–Crippen MR) is 71.7 cm³/mol. The maximum Gasteiger partial charge on any atom is 0.0717 e. The monoisotopic (exact) mass is 241 g/mol. The van der Waals surface area contributed by atoms with Crippen molar-refractivity contribution in [3.05, 3.63) is 48.0 Å². The fraction of sp³-hybridized carbons (Fsp3) is 0.438. The molecule has 1 aliphatic rings. The molecule has 0 fully saturated rings. The van der Waals surface area contributed by atoms with Crippen LogP contribution in [0.15, 0.2) is 42.5 Å². The van der Waals surface area contributed by atoms with Gasteiger partial charge < -0.3 is 4.74 Å². The van der Waals surface area contributed by atoms with E-state index in [1.54, 1.807) is 0 Å². The van der Waals surface area contributed by atoms with Gasteiger partial charge in [-0.15, -0.1) is 0 Å². The number of benzene rings is 1. The summed E-state index contributed by atoms with van der Waals surface area (Å²) in [6.07, 6.45) is 7.11. The first-order chi connectivity index (χ1) is 8.90. The summed E-state index contributed by atoms with van der Waals surface area (Å²) in [7, 11) is 0. The Kier molecular flexibility index (Phi) is 4.99. The first kappa shape index (κ1) is 12.9. The van der Waals surface area contributed by atoms with Crippen LogP contribution in [0.3, 0.4) is 0 Å². The van der Waals surface area contributed by atoms with Crippen LogP contribution < -0.4 is 0 Å². The summed E-state index contributed by atoms with van der Waals surface area (Å²) in [5.74, 6) is 0.967. The smallest absolute Gasteiger partial charge is 0.0717 e. The minimum absolute atomic E-state index is 0.468. The lowest BCUT2D eigenvalue weighted by atomic mass is 9.82. The third kappa shape index (κ3) is 3.72. The zero-order valence-corrected chi connectivity index (χ0v) is 10.6. The zero-order valence-electron chi connectivity index (χ0n) is 10.6. The van der Waals surface area contributed by atoms with Crippen LogP contribution >= 0.6 is 0 Å². The number of nitrogens with zero attached hydrogens (tertiary/aromatic N) is 1. The molecule has 2 heteroatoms. The van der Waals surface area contributed by atoms with Gasteiger partial charge in [-0.2, -0.15) is 5.26 Å². The molecule has 0 saturated carbocycles. The van der Waals surface area contributed by atoms with Gasteiger partial charge in [0.25, 0.3) is 0 Å². The van der Waals surface area contributed by atoms with Crippen LogP contribution in [0.4, 0.5) is 0 Å². The number of hydrogen-bond donors (Lipinski definition) is 0. The van der Waals surface area contributed by atoms with Crippen molar-refractivity contribution in [1.29, 1.82) is 5.26 Å². The maximum absolute atomic E-state index is 8.82. The van der Waals surface area contributed by atoms with Crippen molar-refractivity contribution in [2.45, 2.75) is 25.9 Å². The number of hydrogen-bond acceptors (Lipinski definition) is 2. The molecule has 94 valence electrons. The first-order valence-corrected chi connectivity index (χ1v) is 6.53. The molecule has 1 aliphatic carbocycles. The third-order valence-corrected chi connectivity index (χ3v) is 3.51. The summed E-state index contributed by atoms with van der Waals surface area (Å²) >= 11 is 0. The van der Waals surface area contributed by atoms with Crippen LogP contribution in [0.2, 0.25) is 0 Å². The van der Waals surface area contributed by atoms with Crippen molar-refractivity contribution >= 4 is 0 Å². The van der Waals surface area contributed by atoms with E-state index in [4.69, 9.17) is 10.00 Å². The van der Waals surface area contributed by atoms with Crippen molar-refractivity contribution in [3.8, 4) is 6.07 Å². The molecule has 0 N–H and O–H groups in total. The molecule has 2 atom stereocenters. The van der Waals surface area contributed by atoms with E-state index < -0.39 is 0 Å². The second kappa shape index (κ2) is 6.98. The summed E-state index contributed by atoms with van der Waals surface area (Å²) < 4.78 is 5.79. The summed E-state index contributed by atoms with van der Waals surface area (Å²) in [5, 5.41) is 8.82. The van der Waals surface area contributed by atoms with Gasteiger partial charge in [-0.1, -0.05) is 42.5 Å². The second-order valence-electron chi connectivity index (χ2n) is 4.83. The molecular weight excluding hydrogens is 222 g/mol. The zero-order chi connectivity index (χ0) is 12.6. The standard InChI is InChI=1S/C16H19NO/c17-11-10-15-8-4-5-9-16(15)13-18-12-14-6-2-1-3-7-14/h1-7,15-16H,8-10,12-13H2/t15-,16+/m1/s1. The predicted octanol–water partition coefficient (Wildman–Crippen LogP) is 3.70. The Hall–Kier alpha value is -1.59. The topological polar surface area (TPSA) is 33.0 Å². The SMILES string of the molecule is N#CC[C@H]1CC=CC[C@H]1COCc1ccccc1. The quantitative estimate of drug-likeness (QED) is 0.736. The molecule has 18 heavy (non-hydrogen) atoms. The Morgan fingerprint density at radius 3 is 2.56 bits per heavy atom. The molecule has 1 aromatic rings. The highest BCUT2D eigenvalue weighted by atomic mass is 16.5. The number of rotatable bonds is 5. The minimum atomic E-state index is 0.468. The van der Waals surface area contributed by atoms with Crippen LogP contribution in [0.25, 0.3) is 0 Å². The van der Waals surface area contributed by atoms with Crippen molar-refractivity contribution in [2.24, 2.45) is 11.8 Å². The molecule has 2 nitrogen and oxygen atoms in total. The molecule has 0 bridgehead atoms. The summed E-state index contributed by atoms with van der Waals surface area (Å²) in [4.78, 5) is 0.